The summed E-state index contributed by atoms with van der Waals surface area (Å²) in [5.74, 6) is 1.60. The highest BCUT2D eigenvalue weighted by atomic mass is 35.5. The third-order valence-corrected chi connectivity index (χ3v) is 4.65. The van der Waals surface area contributed by atoms with Crippen molar-refractivity contribution in [2.24, 2.45) is 0 Å². The van der Waals surface area contributed by atoms with Gasteiger partial charge in [0.15, 0.2) is 0 Å². The van der Waals surface area contributed by atoms with E-state index in [0.717, 1.165) is 17.3 Å². The lowest BCUT2D eigenvalue weighted by molar-refractivity contribution is 0.208. The number of hydrogen-bond acceptors (Lipinski definition) is 5. The largest absolute Gasteiger partial charge is 0.353 e. The van der Waals surface area contributed by atoms with Crippen molar-refractivity contribution >= 4 is 29.1 Å². The Labute approximate surface area is 161 Å². The van der Waals surface area contributed by atoms with Crippen molar-refractivity contribution in [1.82, 2.24) is 24.4 Å². The van der Waals surface area contributed by atoms with Crippen LogP contribution < -0.4 is 10.2 Å². The van der Waals surface area contributed by atoms with Crippen LogP contribution in [0.3, 0.4) is 0 Å². The van der Waals surface area contributed by atoms with Gasteiger partial charge in [-0.05, 0) is 24.3 Å². The van der Waals surface area contributed by atoms with Crippen molar-refractivity contribution in [3.05, 3.63) is 60.4 Å². The Balaban J connectivity index is 1.37. The van der Waals surface area contributed by atoms with Crippen LogP contribution in [0.2, 0.25) is 5.02 Å². The SMILES string of the molecule is O=C(Nc1ccc(Cl)cc1)N1CCN(c2cc(-n3ccnc3)ncn2)CC1. The zero-order valence-electron chi connectivity index (χ0n) is 14.5. The fourth-order valence-corrected chi connectivity index (χ4v) is 3.05. The number of nitrogens with one attached hydrogen (secondary N) is 1. The Bertz CT molecular complexity index is 906. The maximum absolute atomic E-state index is 12.4. The lowest BCUT2D eigenvalue weighted by atomic mass is 10.3. The van der Waals surface area contributed by atoms with Crippen molar-refractivity contribution < 1.29 is 4.79 Å². The first-order valence-corrected chi connectivity index (χ1v) is 8.94. The van der Waals surface area contributed by atoms with Crippen molar-refractivity contribution in [3.8, 4) is 5.82 Å². The first-order chi connectivity index (χ1) is 13.2. The van der Waals surface area contributed by atoms with E-state index in [1.807, 2.05) is 16.8 Å². The van der Waals surface area contributed by atoms with E-state index < -0.39 is 0 Å². The van der Waals surface area contributed by atoms with E-state index in [0.29, 0.717) is 31.2 Å². The Morgan fingerprint density at radius 2 is 1.78 bits per heavy atom. The molecule has 0 atom stereocenters. The molecular weight excluding hydrogens is 366 g/mol. The number of carbonyl (C=O) groups is 1. The second-order valence-corrected chi connectivity index (χ2v) is 6.55. The van der Waals surface area contributed by atoms with Gasteiger partial charge in [0.2, 0.25) is 0 Å². The smallest absolute Gasteiger partial charge is 0.321 e. The molecule has 2 aromatic heterocycles. The van der Waals surface area contributed by atoms with Gasteiger partial charge in [0, 0.05) is 55.3 Å². The van der Waals surface area contributed by atoms with E-state index in [1.54, 1.807) is 48.0 Å². The normalized spacial score (nSPS) is 14.3. The first kappa shape index (κ1) is 17.3. The van der Waals surface area contributed by atoms with Gasteiger partial charge in [0.05, 0.1) is 0 Å². The summed E-state index contributed by atoms with van der Waals surface area (Å²) in [6.45, 7) is 2.64. The number of rotatable bonds is 3. The first-order valence-electron chi connectivity index (χ1n) is 8.56. The number of urea groups is 1. The van der Waals surface area contributed by atoms with Gasteiger partial charge < -0.3 is 15.1 Å². The van der Waals surface area contributed by atoms with Gasteiger partial charge in [-0.2, -0.15) is 0 Å². The van der Waals surface area contributed by atoms with Gasteiger partial charge in [0.25, 0.3) is 0 Å². The maximum atomic E-state index is 12.4. The van der Waals surface area contributed by atoms with E-state index >= 15 is 0 Å². The summed E-state index contributed by atoms with van der Waals surface area (Å²) in [7, 11) is 0. The van der Waals surface area contributed by atoms with Crippen LogP contribution in [0.1, 0.15) is 0 Å². The number of anilines is 2. The minimum Gasteiger partial charge on any atom is -0.353 e. The number of halogens is 1. The minimum absolute atomic E-state index is 0.112. The molecule has 8 nitrogen and oxygen atoms in total. The number of aromatic nitrogens is 4. The van der Waals surface area contributed by atoms with Crippen molar-refractivity contribution in [3.63, 3.8) is 0 Å². The van der Waals surface area contributed by atoms with Gasteiger partial charge >= 0.3 is 6.03 Å². The van der Waals surface area contributed by atoms with Gasteiger partial charge in [-0.15, -0.1) is 0 Å². The summed E-state index contributed by atoms with van der Waals surface area (Å²) >= 11 is 5.87. The van der Waals surface area contributed by atoms with Gasteiger partial charge in [0.1, 0.15) is 24.3 Å². The molecule has 0 bridgehead atoms. The molecule has 0 saturated carbocycles. The van der Waals surface area contributed by atoms with E-state index in [1.165, 1.54) is 0 Å². The van der Waals surface area contributed by atoms with Crippen molar-refractivity contribution in [1.29, 1.82) is 0 Å². The fourth-order valence-electron chi connectivity index (χ4n) is 2.92. The standard InChI is InChI=1S/C18H18ClN7O/c19-14-1-3-15(4-2-14)23-18(27)25-9-7-24(8-10-25)16-11-17(22-12-21-16)26-6-5-20-13-26/h1-6,11-13H,7-10H2,(H,23,27). The topological polar surface area (TPSA) is 79.2 Å². The number of nitrogens with zero attached hydrogens (tertiary/aromatic N) is 6. The molecule has 9 heteroatoms. The summed E-state index contributed by atoms with van der Waals surface area (Å²) in [6, 6.07) is 8.89. The van der Waals surface area contributed by atoms with Crippen LogP contribution in [-0.4, -0.2) is 56.6 Å². The molecule has 3 aromatic rings. The molecule has 1 aliphatic rings. The quantitative estimate of drug-likeness (QED) is 0.752. The molecule has 0 radical (unpaired) electrons. The lowest BCUT2D eigenvalue weighted by Crippen LogP contribution is -2.50. The van der Waals surface area contributed by atoms with Gasteiger partial charge in [-0.1, -0.05) is 11.6 Å². The van der Waals surface area contributed by atoms with Gasteiger partial charge in [-0.3, -0.25) is 4.57 Å². The molecule has 1 N–H and O–H groups in total. The summed E-state index contributed by atoms with van der Waals surface area (Å²) in [4.78, 5) is 29.1. The number of imidazole rings is 1. The van der Waals surface area contributed by atoms with Crippen LogP contribution in [0, 0.1) is 0 Å². The number of carbonyl (C=O) groups excluding carboxylic acids is 1. The summed E-state index contributed by atoms with van der Waals surface area (Å²) < 4.78 is 1.83. The Kier molecular flexibility index (Phi) is 4.88. The van der Waals surface area contributed by atoms with Gasteiger partial charge in [-0.25, -0.2) is 19.7 Å². The van der Waals surface area contributed by atoms with Crippen LogP contribution in [-0.2, 0) is 0 Å². The predicted octanol–water partition coefficient (Wildman–Crippen LogP) is 2.67. The van der Waals surface area contributed by atoms with Crippen LogP contribution in [0.25, 0.3) is 5.82 Å². The minimum atomic E-state index is -0.112. The predicted molar refractivity (Wildman–Crippen MR) is 103 cm³/mol. The van der Waals surface area contributed by atoms with E-state index in [4.69, 9.17) is 11.6 Å². The fraction of sp³-hybridized carbons (Fsp3) is 0.222. The third kappa shape index (κ3) is 4.01. The Morgan fingerprint density at radius 1 is 1.04 bits per heavy atom. The molecule has 4 rings (SSSR count). The van der Waals surface area contributed by atoms with Crippen molar-refractivity contribution in [2.45, 2.75) is 0 Å². The van der Waals surface area contributed by atoms with E-state index in [-0.39, 0.29) is 6.03 Å². The summed E-state index contributed by atoms with van der Waals surface area (Å²) in [5, 5.41) is 3.54. The zero-order valence-corrected chi connectivity index (χ0v) is 15.3. The molecule has 1 aromatic carbocycles. The molecule has 1 saturated heterocycles. The third-order valence-electron chi connectivity index (χ3n) is 4.39. The number of amides is 2. The lowest BCUT2D eigenvalue weighted by Gasteiger charge is -2.35. The monoisotopic (exact) mass is 383 g/mol. The number of piperazine rings is 1. The van der Waals surface area contributed by atoms with Crippen molar-refractivity contribution in [2.75, 3.05) is 36.4 Å². The molecule has 2 amide bonds. The van der Waals surface area contributed by atoms with Crippen LogP contribution in [0.4, 0.5) is 16.3 Å². The molecule has 1 aliphatic heterocycles. The second-order valence-electron chi connectivity index (χ2n) is 6.12. The Morgan fingerprint density at radius 3 is 2.48 bits per heavy atom. The van der Waals surface area contributed by atoms with Crippen LogP contribution in [0.5, 0.6) is 0 Å². The van der Waals surface area contributed by atoms with Crippen LogP contribution in [0.15, 0.2) is 55.4 Å². The van der Waals surface area contributed by atoms with E-state index in [2.05, 4.69) is 25.2 Å². The molecule has 0 unspecified atom stereocenters. The van der Waals surface area contributed by atoms with E-state index in [9.17, 15) is 4.79 Å². The average molecular weight is 384 g/mol. The molecular formula is C18H18ClN7O. The summed E-state index contributed by atoms with van der Waals surface area (Å²) in [6.07, 6.45) is 6.79. The maximum Gasteiger partial charge on any atom is 0.321 e. The highest BCUT2D eigenvalue weighted by Gasteiger charge is 2.22. The molecule has 138 valence electrons. The highest BCUT2D eigenvalue weighted by molar-refractivity contribution is 6.30. The molecule has 3 heterocycles. The number of benzene rings is 1. The zero-order chi connectivity index (χ0) is 18.6. The molecule has 0 aliphatic carbocycles. The Hall–Kier alpha value is -3.13. The molecule has 1 fully saturated rings. The van der Waals surface area contributed by atoms with Crippen LogP contribution >= 0.6 is 11.6 Å². The average Bonchev–Trinajstić information content (AvgIpc) is 3.25. The molecule has 0 spiro atoms. The summed E-state index contributed by atoms with van der Waals surface area (Å²) in [5.41, 5.74) is 0.729. The highest BCUT2D eigenvalue weighted by Crippen LogP contribution is 2.17. The molecule has 27 heavy (non-hydrogen) atoms. The second kappa shape index (κ2) is 7.63. The number of hydrogen-bond donors (Lipinski definition) is 1.